The van der Waals surface area contributed by atoms with E-state index in [-0.39, 0.29) is 25.2 Å². The zero-order valence-corrected chi connectivity index (χ0v) is 16.2. The van der Waals surface area contributed by atoms with E-state index in [1.54, 1.807) is 12.1 Å². The van der Waals surface area contributed by atoms with Crippen molar-refractivity contribution >= 4 is 29.1 Å². The third-order valence-corrected chi connectivity index (χ3v) is 4.58. The summed E-state index contributed by atoms with van der Waals surface area (Å²) in [5.74, 6) is 0.812. The zero-order valence-electron chi connectivity index (χ0n) is 15.5. The van der Waals surface area contributed by atoms with Gasteiger partial charge in [0, 0.05) is 13.5 Å². The van der Waals surface area contributed by atoms with E-state index in [9.17, 15) is 9.59 Å². The number of nitrogens with one attached hydrogen (secondary N) is 1. The number of carbonyl (C=O) groups excluding carboxylic acids is 2. The number of hydrogen-bond acceptors (Lipinski definition) is 4. The maximum atomic E-state index is 12.5. The lowest BCUT2D eigenvalue weighted by atomic mass is 10.1. The molecule has 1 N–H and O–H groups in total. The van der Waals surface area contributed by atoms with Crippen LogP contribution >= 0.6 is 11.6 Å². The van der Waals surface area contributed by atoms with Crippen LogP contribution in [0.5, 0.6) is 11.5 Å². The Hall–Kier alpha value is -2.73. The van der Waals surface area contributed by atoms with Crippen LogP contribution in [-0.2, 0) is 16.1 Å². The zero-order chi connectivity index (χ0) is 19.6. The van der Waals surface area contributed by atoms with Crippen molar-refractivity contribution in [3.63, 3.8) is 0 Å². The molecule has 2 aromatic carbocycles. The van der Waals surface area contributed by atoms with Crippen LogP contribution in [0, 0.1) is 13.8 Å². The summed E-state index contributed by atoms with van der Waals surface area (Å²) < 4.78 is 10.6. The molecule has 0 bridgehead atoms. The van der Waals surface area contributed by atoms with Gasteiger partial charge >= 0.3 is 0 Å². The van der Waals surface area contributed by atoms with Crippen LogP contribution in [0.1, 0.15) is 23.6 Å². The molecule has 0 aliphatic carbocycles. The standard InChI is InChI=1S/C20H21ClN2O4/c1-12-6-13(2)20(16(21)7-12)22-19(25)10-23(14(3)24)9-15-4-5-17-18(8-15)27-11-26-17/h4-8H,9-11H2,1-3H3,(H,22,25). The normalized spacial score (nSPS) is 12.0. The van der Waals surface area contributed by atoms with E-state index < -0.39 is 0 Å². The Bertz CT molecular complexity index is 875. The molecule has 6 nitrogen and oxygen atoms in total. The molecule has 0 saturated carbocycles. The molecule has 0 atom stereocenters. The Morgan fingerprint density at radius 1 is 1.15 bits per heavy atom. The van der Waals surface area contributed by atoms with Crippen molar-refractivity contribution in [3.8, 4) is 11.5 Å². The predicted molar refractivity (Wildman–Crippen MR) is 103 cm³/mol. The van der Waals surface area contributed by atoms with E-state index in [2.05, 4.69) is 5.32 Å². The molecular formula is C20H21ClN2O4. The lowest BCUT2D eigenvalue weighted by Gasteiger charge is -2.21. The molecule has 142 valence electrons. The van der Waals surface area contributed by atoms with Gasteiger partial charge in [0.2, 0.25) is 18.6 Å². The van der Waals surface area contributed by atoms with Gasteiger partial charge in [0.25, 0.3) is 0 Å². The van der Waals surface area contributed by atoms with E-state index in [4.69, 9.17) is 21.1 Å². The monoisotopic (exact) mass is 388 g/mol. The SMILES string of the molecule is CC(=O)N(CC(=O)Nc1c(C)cc(C)cc1Cl)Cc1ccc2c(c1)OCO2. The summed E-state index contributed by atoms with van der Waals surface area (Å²) in [5, 5.41) is 3.29. The lowest BCUT2D eigenvalue weighted by Crippen LogP contribution is -2.36. The maximum absolute atomic E-state index is 12.5. The Labute approximate surface area is 163 Å². The van der Waals surface area contributed by atoms with Gasteiger partial charge < -0.3 is 19.7 Å². The van der Waals surface area contributed by atoms with Crippen molar-refractivity contribution in [2.45, 2.75) is 27.3 Å². The minimum atomic E-state index is -0.306. The molecule has 0 unspecified atom stereocenters. The van der Waals surface area contributed by atoms with E-state index in [1.807, 2.05) is 32.0 Å². The fourth-order valence-corrected chi connectivity index (χ4v) is 3.33. The largest absolute Gasteiger partial charge is 0.454 e. The highest BCUT2D eigenvalue weighted by atomic mass is 35.5. The van der Waals surface area contributed by atoms with Crippen molar-refractivity contribution in [2.24, 2.45) is 0 Å². The second-order valence-electron chi connectivity index (χ2n) is 6.55. The second kappa shape index (κ2) is 7.88. The summed E-state index contributed by atoms with van der Waals surface area (Å²) in [4.78, 5) is 26.0. The highest BCUT2D eigenvalue weighted by molar-refractivity contribution is 6.34. The van der Waals surface area contributed by atoms with Crippen LogP contribution in [0.25, 0.3) is 0 Å². The number of ether oxygens (including phenoxy) is 2. The first-order valence-electron chi connectivity index (χ1n) is 8.54. The highest BCUT2D eigenvalue weighted by Gasteiger charge is 2.18. The van der Waals surface area contributed by atoms with Gasteiger partial charge in [0.05, 0.1) is 10.7 Å². The molecule has 7 heteroatoms. The first-order chi connectivity index (χ1) is 12.8. The van der Waals surface area contributed by atoms with Crippen LogP contribution in [0.3, 0.4) is 0 Å². The summed E-state index contributed by atoms with van der Waals surface area (Å²) in [7, 11) is 0. The number of aryl methyl sites for hydroxylation is 2. The highest BCUT2D eigenvalue weighted by Crippen LogP contribution is 2.33. The molecule has 0 spiro atoms. The number of anilines is 1. The first kappa shape index (κ1) is 19.0. The molecule has 2 amide bonds. The minimum absolute atomic E-state index is 0.0760. The molecular weight excluding hydrogens is 368 g/mol. The number of carbonyl (C=O) groups is 2. The summed E-state index contributed by atoms with van der Waals surface area (Å²) >= 11 is 6.24. The van der Waals surface area contributed by atoms with E-state index >= 15 is 0 Å². The molecule has 0 aromatic heterocycles. The van der Waals surface area contributed by atoms with Crippen molar-refractivity contribution in [3.05, 3.63) is 52.0 Å². The van der Waals surface area contributed by atoms with Gasteiger partial charge in [-0.05, 0) is 48.7 Å². The van der Waals surface area contributed by atoms with E-state index in [1.165, 1.54) is 11.8 Å². The van der Waals surface area contributed by atoms with Crippen molar-refractivity contribution in [1.29, 1.82) is 0 Å². The Balaban J connectivity index is 1.69. The average molecular weight is 389 g/mol. The van der Waals surface area contributed by atoms with Gasteiger partial charge in [-0.2, -0.15) is 0 Å². The number of nitrogens with zero attached hydrogens (tertiary/aromatic N) is 1. The molecule has 0 radical (unpaired) electrons. The van der Waals surface area contributed by atoms with Crippen LogP contribution in [0.2, 0.25) is 5.02 Å². The molecule has 3 rings (SSSR count). The quantitative estimate of drug-likeness (QED) is 0.848. The van der Waals surface area contributed by atoms with Gasteiger partial charge in [0.15, 0.2) is 11.5 Å². The van der Waals surface area contributed by atoms with Gasteiger partial charge in [0.1, 0.15) is 6.54 Å². The van der Waals surface area contributed by atoms with Crippen molar-refractivity contribution in [1.82, 2.24) is 4.90 Å². The average Bonchev–Trinajstić information content (AvgIpc) is 3.05. The van der Waals surface area contributed by atoms with Crippen molar-refractivity contribution < 1.29 is 19.1 Å². The summed E-state index contributed by atoms with van der Waals surface area (Å²) in [6.07, 6.45) is 0. The number of amides is 2. The topological polar surface area (TPSA) is 67.9 Å². The van der Waals surface area contributed by atoms with E-state index in [0.29, 0.717) is 28.8 Å². The van der Waals surface area contributed by atoms with Gasteiger partial charge in [-0.3, -0.25) is 9.59 Å². The summed E-state index contributed by atoms with van der Waals surface area (Å²) in [6, 6.07) is 9.20. The predicted octanol–water partition coefficient (Wildman–Crippen LogP) is 3.67. The number of hydrogen-bond donors (Lipinski definition) is 1. The number of fused-ring (bicyclic) bond motifs is 1. The number of benzene rings is 2. The Morgan fingerprint density at radius 3 is 2.59 bits per heavy atom. The Kier molecular flexibility index (Phi) is 5.56. The second-order valence-corrected chi connectivity index (χ2v) is 6.96. The van der Waals surface area contributed by atoms with Crippen LogP contribution < -0.4 is 14.8 Å². The molecule has 1 aliphatic rings. The molecule has 27 heavy (non-hydrogen) atoms. The number of rotatable bonds is 5. The number of halogens is 1. The fourth-order valence-electron chi connectivity index (χ4n) is 2.96. The smallest absolute Gasteiger partial charge is 0.244 e. The molecule has 0 saturated heterocycles. The maximum Gasteiger partial charge on any atom is 0.244 e. The fraction of sp³-hybridized carbons (Fsp3) is 0.300. The summed E-state index contributed by atoms with van der Waals surface area (Å²) in [6.45, 7) is 5.66. The minimum Gasteiger partial charge on any atom is -0.454 e. The lowest BCUT2D eigenvalue weighted by molar-refractivity contribution is -0.133. The third kappa shape index (κ3) is 4.52. The van der Waals surface area contributed by atoms with E-state index in [0.717, 1.165) is 16.7 Å². The van der Waals surface area contributed by atoms with Crippen molar-refractivity contribution in [2.75, 3.05) is 18.7 Å². The Morgan fingerprint density at radius 2 is 1.89 bits per heavy atom. The van der Waals surface area contributed by atoms with Gasteiger partial charge in [-0.25, -0.2) is 0 Å². The molecule has 1 aliphatic heterocycles. The van der Waals surface area contributed by atoms with Crippen LogP contribution in [0.4, 0.5) is 5.69 Å². The first-order valence-corrected chi connectivity index (χ1v) is 8.92. The van der Waals surface area contributed by atoms with Gasteiger partial charge in [-0.1, -0.05) is 23.7 Å². The molecule has 2 aromatic rings. The van der Waals surface area contributed by atoms with Gasteiger partial charge in [-0.15, -0.1) is 0 Å². The van der Waals surface area contributed by atoms with Crippen LogP contribution in [0.15, 0.2) is 30.3 Å². The molecule has 1 heterocycles. The summed E-state index contributed by atoms with van der Waals surface area (Å²) in [5.41, 5.74) is 3.31. The third-order valence-electron chi connectivity index (χ3n) is 4.29. The molecule has 0 fully saturated rings. The van der Waals surface area contributed by atoms with Crippen LogP contribution in [-0.4, -0.2) is 30.1 Å².